The first-order valence-electron chi connectivity index (χ1n) is 8.51. The number of carbonyl (C=O) groups is 2. The monoisotopic (exact) mass is 356 g/mol. The van der Waals surface area contributed by atoms with Crippen LogP contribution in [0.1, 0.15) is 17.5 Å². The van der Waals surface area contributed by atoms with Crippen molar-refractivity contribution in [1.29, 1.82) is 0 Å². The predicted octanol–water partition coefficient (Wildman–Crippen LogP) is 2.74. The summed E-state index contributed by atoms with van der Waals surface area (Å²) in [5, 5.41) is 2.68. The van der Waals surface area contributed by atoms with E-state index in [9.17, 15) is 14.0 Å². The molecule has 1 N–H and O–H groups in total. The van der Waals surface area contributed by atoms with Crippen molar-refractivity contribution in [2.75, 3.05) is 18.1 Å². The first-order valence-corrected chi connectivity index (χ1v) is 8.51. The van der Waals surface area contributed by atoms with Crippen molar-refractivity contribution < 1.29 is 18.7 Å². The van der Waals surface area contributed by atoms with E-state index in [1.54, 1.807) is 18.2 Å². The largest absolute Gasteiger partial charge is 0.483 e. The molecule has 1 heterocycles. The molecular formula is C20H21FN2O3. The molecule has 1 aliphatic rings. The molecule has 26 heavy (non-hydrogen) atoms. The number of anilines is 1. The minimum Gasteiger partial charge on any atom is -0.483 e. The molecular weight excluding hydrogens is 335 g/mol. The van der Waals surface area contributed by atoms with Gasteiger partial charge < -0.3 is 15.0 Å². The zero-order valence-corrected chi connectivity index (χ0v) is 14.8. The van der Waals surface area contributed by atoms with Gasteiger partial charge in [-0.25, -0.2) is 4.39 Å². The van der Waals surface area contributed by atoms with Crippen LogP contribution in [-0.4, -0.2) is 31.0 Å². The van der Waals surface area contributed by atoms with Gasteiger partial charge in [0.25, 0.3) is 5.91 Å². The van der Waals surface area contributed by atoms with Crippen LogP contribution in [0.2, 0.25) is 0 Å². The Balaban J connectivity index is 1.59. The molecule has 0 saturated carbocycles. The van der Waals surface area contributed by atoms with E-state index >= 15 is 0 Å². The molecule has 0 unspecified atom stereocenters. The summed E-state index contributed by atoms with van der Waals surface area (Å²) in [6.07, 6.45) is 0.433. The maximum Gasteiger partial charge on any atom is 0.258 e. The molecule has 136 valence electrons. The third-order valence-electron chi connectivity index (χ3n) is 4.44. The molecule has 3 rings (SSSR count). The fourth-order valence-electron chi connectivity index (χ4n) is 3.12. The van der Waals surface area contributed by atoms with Crippen molar-refractivity contribution in [3.8, 4) is 5.75 Å². The number of benzene rings is 2. The molecule has 6 heteroatoms. The van der Waals surface area contributed by atoms with Gasteiger partial charge in [-0.05, 0) is 43.5 Å². The summed E-state index contributed by atoms with van der Waals surface area (Å²) >= 11 is 0. The smallest absolute Gasteiger partial charge is 0.258 e. The van der Waals surface area contributed by atoms with Crippen LogP contribution in [0.4, 0.5) is 10.1 Å². The van der Waals surface area contributed by atoms with Gasteiger partial charge >= 0.3 is 0 Å². The number of nitrogens with zero attached hydrogens (tertiary/aromatic N) is 1. The zero-order chi connectivity index (χ0) is 18.7. The van der Waals surface area contributed by atoms with E-state index in [1.807, 2.05) is 32.0 Å². The third kappa shape index (κ3) is 3.69. The second-order valence-corrected chi connectivity index (χ2v) is 6.36. The first kappa shape index (κ1) is 17.9. The highest BCUT2D eigenvalue weighted by molar-refractivity contribution is 6.01. The first-order chi connectivity index (χ1) is 12.5. The molecule has 0 spiro atoms. The van der Waals surface area contributed by atoms with Crippen LogP contribution in [0.5, 0.6) is 5.75 Å². The SMILES string of the molecule is Cc1cccc(C)c1OCC(=O)N[C@H]1CCN(c2ccccc2F)C1=O. The molecule has 0 radical (unpaired) electrons. The van der Waals surface area contributed by atoms with Crippen molar-refractivity contribution >= 4 is 17.5 Å². The Kier molecular flexibility index (Phi) is 5.21. The van der Waals surface area contributed by atoms with Crippen LogP contribution >= 0.6 is 0 Å². The van der Waals surface area contributed by atoms with Gasteiger partial charge in [-0.15, -0.1) is 0 Å². The zero-order valence-electron chi connectivity index (χ0n) is 14.8. The minimum atomic E-state index is -0.663. The van der Waals surface area contributed by atoms with Gasteiger partial charge in [0.05, 0.1) is 5.69 Å². The quantitative estimate of drug-likeness (QED) is 0.896. The van der Waals surface area contributed by atoms with Crippen molar-refractivity contribution in [3.63, 3.8) is 0 Å². The van der Waals surface area contributed by atoms with E-state index in [4.69, 9.17) is 4.74 Å². The van der Waals surface area contributed by atoms with Crippen molar-refractivity contribution in [2.45, 2.75) is 26.3 Å². The van der Waals surface area contributed by atoms with Crippen LogP contribution in [0, 0.1) is 19.7 Å². The Bertz CT molecular complexity index is 817. The molecule has 1 aliphatic heterocycles. The number of halogens is 1. The number of rotatable bonds is 5. The molecule has 2 aromatic rings. The van der Waals surface area contributed by atoms with Crippen LogP contribution in [0.3, 0.4) is 0 Å². The Hall–Kier alpha value is -2.89. The standard InChI is InChI=1S/C20H21FN2O3/c1-13-6-5-7-14(2)19(13)26-12-18(24)22-16-10-11-23(20(16)25)17-9-4-3-8-15(17)21/h3-9,16H,10-12H2,1-2H3,(H,22,24)/t16-/m0/s1. The maximum atomic E-state index is 13.9. The second-order valence-electron chi connectivity index (χ2n) is 6.36. The van der Waals surface area contributed by atoms with E-state index in [2.05, 4.69) is 5.32 Å². The summed E-state index contributed by atoms with van der Waals surface area (Å²) in [4.78, 5) is 26.0. The summed E-state index contributed by atoms with van der Waals surface area (Å²) in [5.41, 5.74) is 2.13. The van der Waals surface area contributed by atoms with Crippen molar-refractivity contribution in [1.82, 2.24) is 5.32 Å². The van der Waals surface area contributed by atoms with Gasteiger partial charge in [-0.1, -0.05) is 30.3 Å². The Morgan fingerprint density at radius 2 is 1.88 bits per heavy atom. The topological polar surface area (TPSA) is 58.6 Å². The third-order valence-corrected chi connectivity index (χ3v) is 4.44. The molecule has 0 aliphatic carbocycles. The molecule has 0 aromatic heterocycles. The summed E-state index contributed by atoms with van der Waals surface area (Å²) < 4.78 is 19.5. The summed E-state index contributed by atoms with van der Waals surface area (Å²) in [5.74, 6) is -0.462. The van der Waals surface area contributed by atoms with E-state index in [-0.39, 0.29) is 24.1 Å². The average molecular weight is 356 g/mol. The number of para-hydroxylation sites is 2. The van der Waals surface area contributed by atoms with Gasteiger partial charge in [0, 0.05) is 6.54 Å². The Labute approximate surface area is 151 Å². The number of hydrogen-bond donors (Lipinski definition) is 1. The predicted molar refractivity (Wildman–Crippen MR) is 96.7 cm³/mol. The average Bonchev–Trinajstić information content (AvgIpc) is 2.95. The summed E-state index contributed by atoms with van der Waals surface area (Å²) in [7, 11) is 0. The number of hydrogen-bond acceptors (Lipinski definition) is 3. The lowest BCUT2D eigenvalue weighted by Gasteiger charge is -2.18. The highest BCUT2D eigenvalue weighted by Gasteiger charge is 2.34. The fraction of sp³-hybridized carbons (Fsp3) is 0.300. The Morgan fingerprint density at radius 3 is 2.58 bits per heavy atom. The molecule has 0 bridgehead atoms. The van der Waals surface area contributed by atoms with Crippen molar-refractivity contribution in [3.05, 3.63) is 59.4 Å². The van der Waals surface area contributed by atoms with Gasteiger partial charge in [0.15, 0.2) is 6.61 Å². The summed E-state index contributed by atoms with van der Waals surface area (Å²) in [6, 6.07) is 11.2. The lowest BCUT2D eigenvalue weighted by atomic mass is 10.1. The number of amides is 2. The molecule has 1 saturated heterocycles. The molecule has 5 nitrogen and oxygen atoms in total. The molecule has 2 amide bonds. The van der Waals surface area contributed by atoms with E-state index < -0.39 is 11.9 Å². The second kappa shape index (κ2) is 7.56. The normalized spacial score (nSPS) is 16.7. The van der Waals surface area contributed by atoms with Gasteiger partial charge in [0.2, 0.25) is 5.91 Å². The Morgan fingerprint density at radius 1 is 1.19 bits per heavy atom. The van der Waals surface area contributed by atoms with Crippen LogP contribution in [0.25, 0.3) is 0 Å². The number of carbonyl (C=O) groups excluding carboxylic acids is 2. The van der Waals surface area contributed by atoms with Crippen LogP contribution in [0.15, 0.2) is 42.5 Å². The summed E-state index contributed by atoms with van der Waals surface area (Å²) in [6.45, 7) is 4.01. The number of aryl methyl sites for hydroxylation is 2. The number of nitrogens with one attached hydrogen (secondary N) is 1. The minimum absolute atomic E-state index is 0.171. The van der Waals surface area contributed by atoms with Crippen LogP contribution < -0.4 is 15.0 Å². The van der Waals surface area contributed by atoms with Crippen molar-refractivity contribution in [2.24, 2.45) is 0 Å². The lowest BCUT2D eigenvalue weighted by Crippen LogP contribution is -2.43. The highest BCUT2D eigenvalue weighted by Crippen LogP contribution is 2.25. The van der Waals surface area contributed by atoms with Gasteiger partial charge in [0.1, 0.15) is 17.6 Å². The molecule has 1 atom stereocenters. The van der Waals surface area contributed by atoms with E-state index in [0.29, 0.717) is 18.7 Å². The van der Waals surface area contributed by atoms with Gasteiger partial charge in [-0.2, -0.15) is 0 Å². The van der Waals surface area contributed by atoms with Gasteiger partial charge in [-0.3, -0.25) is 9.59 Å². The molecule has 2 aromatic carbocycles. The number of ether oxygens (including phenoxy) is 1. The highest BCUT2D eigenvalue weighted by atomic mass is 19.1. The van der Waals surface area contributed by atoms with E-state index in [1.165, 1.54) is 11.0 Å². The van der Waals surface area contributed by atoms with E-state index in [0.717, 1.165) is 11.1 Å². The van der Waals surface area contributed by atoms with Crippen LogP contribution in [-0.2, 0) is 9.59 Å². The lowest BCUT2D eigenvalue weighted by molar-refractivity contribution is -0.127. The molecule has 1 fully saturated rings. The fourth-order valence-corrected chi connectivity index (χ4v) is 3.12. The maximum absolute atomic E-state index is 13.9.